The monoisotopic (exact) mass is 542 g/mol. The van der Waals surface area contributed by atoms with Crippen LogP contribution < -0.4 is 21.3 Å². The predicted molar refractivity (Wildman–Crippen MR) is 152 cm³/mol. The second-order valence-electron chi connectivity index (χ2n) is 10.6. The fourth-order valence-corrected chi connectivity index (χ4v) is 5.27. The van der Waals surface area contributed by atoms with Gasteiger partial charge in [0.05, 0.1) is 13.2 Å². The first-order valence-electron chi connectivity index (χ1n) is 13.9. The maximum Gasteiger partial charge on any atom is 0.273 e. The van der Waals surface area contributed by atoms with Gasteiger partial charge in [-0.25, -0.2) is 0 Å². The molecule has 2 aliphatic heterocycles. The third-order valence-electron chi connectivity index (χ3n) is 7.64. The number of nitrogens with zero attached hydrogens (tertiary/aromatic N) is 5. The highest BCUT2D eigenvalue weighted by Gasteiger charge is 2.26. The summed E-state index contributed by atoms with van der Waals surface area (Å²) >= 11 is 0. The van der Waals surface area contributed by atoms with Crippen LogP contribution >= 0.6 is 0 Å². The third kappa shape index (κ3) is 5.99. The molecule has 3 fully saturated rings. The Kier molecular flexibility index (Phi) is 7.45. The smallest absolute Gasteiger partial charge is 0.273 e. The minimum atomic E-state index is -0.721. The average molecular weight is 543 g/mol. The van der Waals surface area contributed by atoms with Crippen molar-refractivity contribution in [3.05, 3.63) is 65.4 Å². The van der Waals surface area contributed by atoms with E-state index in [9.17, 15) is 9.59 Å². The first kappa shape index (κ1) is 26.0. The van der Waals surface area contributed by atoms with Crippen LogP contribution in [-0.2, 0) is 4.74 Å². The second-order valence-corrected chi connectivity index (χ2v) is 10.6. The average Bonchev–Trinajstić information content (AvgIpc) is 3.84. The van der Waals surface area contributed by atoms with Gasteiger partial charge < -0.3 is 30.9 Å². The van der Waals surface area contributed by atoms with Crippen LogP contribution in [0.3, 0.4) is 0 Å². The van der Waals surface area contributed by atoms with E-state index in [0.717, 1.165) is 31.0 Å². The third-order valence-corrected chi connectivity index (χ3v) is 7.64. The van der Waals surface area contributed by atoms with Crippen molar-refractivity contribution in [2.24, 2.45) is 5.73 Å². The zero-order valence-electron chi connectivity index (χ0n) is 22.4. The minimum absolute atomic E-state index is 0.0363. The molecular formula is C29H34N8O3. The van der Waals surface area contributed by atoms with Crippen LogP contribution in [0.4, 0.5) is 23.1 Å². The molecule has 1 aliphatic carbocycles. The normalized spacial score (nSPS) is 19.2. The Bertz CT molecular complexity index is 1350. The number of piperidine rings is 1. The quantitative estimate of drug-likeness (QED) is 0.392. The van der Waals surface area contributed by atoms with Crippen LogP contribution in [0.5, 0.6) is 0 Å². The van der Waals surface area contributed by atoms with Gasteiger partial charge in [-0.05, 0) is 73.6 Å². The standard InChI is InChI=1S/C29H34N8O3/c30-26(38)25-27(32-23-11-7-21(8-12-23)28(39)36-14-16-40-17-15-36)33-29(35-34-25)37-13-1-2-24(18-37)31-22-9-5-20(6-10-22)19-3-4-19/h5-12,19,24,31H,1-4,13-18H2,(H2,30,38)(H,32,33,35). The Balaban J connectivity index is 1.14. The largest absolute Gasteiger partial charge is 0.381 e. The lowest BCUT2D eigenvalue weighted by molar-refractivity contribution is 0.0303. The van der Waals surface area contributed by atoms with Crippen molar-refractivity contribution in [2.75, 3.05) is 54.9 Å². The molecule has 208 valence electrons. The number of nitrogens with two attached hydrogens (primary N) is 1. The first-order chi connectivity index (χ1) is 19.5. The Hall–Kier alpha value is -4.25. The van der Waals surface area contributed by atoms with Crippen LogP contribution in [0.25, 0.3) is 0 Å². The maximum absolute atomic E-state index is 12.8. The molecule has 0 spiro atoms. The van der Waals surface area contributed by atoms with Crippen molar-refractivity contribution in [2.45, 2.75) is 37.6 Å². The Morgan fingerprint density at radius 2 is 1.62 bits per heavy atom. The van der Waals surface area contributed by atoms with Gasteiger partial charge in [-0.3, -0.25) is 9.59 Å². The van der Waals surface area contributed by atoms with E-state index in [1.807, 2.05) is 0 Å². The molecule has 1 unspecified atom stereocenters. The van der Waals surface area contributed by atoms with Crippen LogP contribution in [-0.4, -0.2) is 77.3 Å². The molecular weight excluding hydrogens is 508 g/mol. The van der Waals surface area contributed by atoms with Gasteiger partial charge in [0.2, 0.25) is 5.95 Å². The van der Waals surface area contributed by atoms with Crippen molar-refractivity contribution >= 4 is 35.0 Å². The first-order valence-corrected chi connectivity index (χ1v) is 13.9. The molecule has 6 rings (SSSR count). The lowest BCUT2D eigenvalue weighted by Crippen LogP contribution is -2.43. The number of carbonyl (C=O) groups is 2. The highest BCUT2D eigenvalue weighted by molar-refractivity contribution is 5.97. The summed E-state index contributed by atoms with van der Waals surface area (Å²) in [6.07, 6.45) is 4.60. The van der Waals surface area contributed by atoms with E-state index >= 15 is 0 Å². The summed E-state index contributed by atoms with van der Waals surface area (Å²) in [5.74, 6) is 0.648. The zero-order valence-corrected chi connectivity index (χ0v) is 22.4. The van der Waals surface area contributed by atoms with Crippen LogP contribution in [0.1, 0.15) is 58.0 Å². The number of aromatic nitrogens is 3. The summed E-state index contributed by atoms with van der Waals surface area (Å²) in [7, 11) is 0. The van der Waals surface area contributed by atoms with E-state index in [2.05, 4.69) is 55.0 Å². The molecule has 11 heteroatoms. The molecule has 2 amide bonds. The summed E-state index contributed by atoms with van der Waals surface area (Å²) in [4.78, 5) is 33.4. The molecule has 2 saturated heterocycles. The molecule has 11 nitrogen and oxygen atoms in total. The number of hydrogen-bond acceptors (Lipinski definition) is 9. The van der Waals surface area contributed by atoms with Gasteiger partial charge in [-0.2, -0.15) is 4.98 Å². The van der Waals surface area contributed by atoms with Crippen molar-refractivity contribution < 1.29 is 14.3 Å². The van der Waals surface area contributed by atoms with E-state index in [1.54, 1.807) is 29.2 Å². The van der Waals surface area contributed by atoms with Crippen molar-refractivity contribution in [3.63, 3.8) is 0 Å². The maximum atomic E-state index is 12.8. The number of rotatable bonds is 8. The highest BCUT2D eigenvalue weighted by atomic mass is 16.5. The number of anilines is 4. The Labute approximate surface area is 233 Å². The number of nitrogens with one attached hydrogen (secondary N) is 2. The van der Waals surface area contributed by atoms with Gasteiger partial charge in [-0.1, -0.05) is 12.1 Å². The molecule has 2 aromatic carbocycles. The highest BCUT2D eigenvalue weighted by Crippen LogP contribution is 2.40. The summed E-state index contributed by atoms with van der Waals surface area (Å²) < 4.78 is 5.33. The summed E-state index contributed by atoms with van der Waals surface area (Å²) in [6, 6.07) is 16.0. The number of amides is 2. The Morgan fingerprint density at radius 1 is 0.900 bits per heavy atom. The number of ether oxygens (including phenoxy) is 1. The van der Waals surface area contributed by atoms with Gasteiger partial charge in [0.15, 0.2) is 11.5 Å². The summed E-state index contributed by atoms with van der Waals surface area (Å²) in [6.45, 7) is 3.75. The number of carbonyl (C=O) groups excluding carboxylic acids is 2. The molecule has 40 heavy (non-hydrogen) atoms. The SMILES string of the molecule is NC(=O)c1nnc(N2CCCC(Nc3ccc(C4CC4)cc3)C2)nc1Nc1ccc(C(=O)N2CCOCC2)cc1. The molecule has 1 atom stereocenters. The fourth-order valence-electron chi connectivity index (χ4n) is 5.27. The summed E-state index contributed by atoms with van der Waals surface area (Å²) in [5.41, 5.74) is 9.30. The van der Waals surface area contributed by atoms with E-state index < -0.39 is 5.91 Å². The van der Waals surface area contributed by atoms with E-state index in [0.29, 0.717) is 50.0 Å². The molecule has 0 bridgehead atoms. The number of primary amides is 1. The molecule has 3 heterocycles. The lowest BCUT2D eigenvalue weighted by atomic mass is 10.0. The van der Waals surface area contributed by atoms with Gasteiger partial charge in [-0.15, -0.1) is 10.2 Å². The predicted octanol–water partition coefficient (Wildman–Crippen LogP) is 3.14. The van der Waals surface area contributed by atoms with Crippen LogP contribution in [0.2, 0.25) is 0 Å². The van der Waals surface area contributed by atoms with Gasteiger partial charge in [0.25, 0.3) is 11.8 Å². The molecule has 3 aliphatic rings. The van der Waals surface area contributed by atoms with Crippen molar-refractivity contribution in [1.82, 2.24) is 20.1 Å². The molecule has 1 saturated carbocycles. The molecule has 1 aromatic heterocycles. The van der Waals surface area contributed by atoms with Crippen LogP contribution in [0, 0.1) is 0 Å². The van der Waals surface area contributed by atoms with Crippen molar-refractivity contribution in [1.29, 1.82) is 0 Å². The summed E-state index contributed by atoms with van der Waals surface area (Å²) in [5, 5.41) is 15.1. The fraction of sp³-hybridized carbons (Fsp3) is 0.414. The van der Waals surface area contributed by atoms with Crippen LogP contribution in [0.15, 0.2) is 48.5 Å². The lowest BCUT2D eigenvalue weighted by Gasteiger charge is -2.33. The van der Waals surface area contributed by atoms with Gasteiger partial charge in [0.1, 0.15) is 0 Å². The molecule has 4 N–H and O–H groups in total. The van der Waals surface area contributed by atoms with Gasteiger partial charge in [0, 0.05) is 49.2 Å². The Morgan fingerprint density at radius 3 is 2.33 bits per heavy atom. The number of benzene rings is 2. The molecule has 0 radical (unpaired) electrons. The minimum Gasteiger partial charge on any atom is -0.381 e. The number of hydrogen-bond donors (Lipinski definition) is 3. The van der Waals surface area contributed by atoms with E-state index in [-0.39, 0.29) is 23.5 Å². The van der Waals surface area contributed by atoms with Crippen molar-refractivity contribution in [3.8, 4) is 0 Å². The van der Waals surface area contributed by atoms with Gasteiger partial charge >= 0.3 is 0 Å². The van der Waals surface area contributed by atoms with E-state index in [1.165, 1.54) is 18.4 Å². The second kappa shape index (κ2) is 11.5. The molecule has 3 aromatic rings. The number of morpholine rings is 1. The topological polar surface area (TPSA) is 139 Å². The zero-order chi connectivity index (χ0) is 27.5. The van der Waals surface area contributed by atoms with E-state index in [4.69, 9.17) is 10.5 Å².